The molecule has 0 aliphatic heterocycles. The zero-order chi connectivity index (χ0) is 13.7. The normalized spacial score (nSPS) is 10.7. The van der Waals surface area contributed by atoms with Gasteiger partial charge in [0.05, 0.1) is 11.9 Å². The number of hydrogen-bond donors (Lipinski definition) is 2. The third kappa shape index (κ3) is 3.23. The second kappa shape index (κ2) is 5.41. The van der Waals surface area contributed by atoms with E-state index in [0.29, 0.717) is 11.4 Å². The molecule has 0 saturated heterocycles. The zero-order valence-electron chi connectivity index (χ0n) is 9.70. The summed E-state index contributed by atoms with van der Waals surface area (Å²) in [4.78, 5) is 0.0378. The Labute approximate surface area is 109 Å². The van der Waals surface area contributed by atoms with Gasteiger partial charge in [0.1, 0.15) is 16.7 Å². The largest absolute Gasteiger partial charge is 0.479 e. The number of ether oxygens (including phenoxy) is 1. The number of nitrogens with one attached hydrogen (secondary N) is 2. The highest BCUT2D eigenvalue weighted by atomic mass is 32.2. The molecular weight excluding hydrogens is 268 g/mol. The van der Waals surface area contributed by atoms with E-state index in [4.69, 9.17) is 10.00 Å². The fraction of sp³-hybridized carbons (Fsp3) is 0.0909. The number of hydrogen-bond acceptors (Lipinski definition) is 5. The van der Waals surface area contributed by atoms with Crippen molar-refractivity contribution in [2.75, 3.05) is 11.3 Å². The highest BCUT2D eigenvalue weighted by Crippen LogP contribution is 2.20. The summed E-state index contributed by atoms with van der Waals surface area (Å²) in [6.07, 6.45) is 2.48. The Morgan fingerprint density at radius 3 is 3.00 bits per heavy atom. The lowest BCUT2D eigenvalue weighted by Gasteiger charge is -2.07. The summed E-state index contributed by atoms with van der Waals surface area (Å²) < 4.78 is 31.3. The van der Waals surface area contributed by atoms with E-state index in [1.807, 2.05) is 6.07 Å². The highest BCUT2D eigenvalue weighted by Gasteiger charge is 2.15. The minimum Gasteiger partial charge on any atom is -0.479 e. The van der Waals surface area contributed by atoms with Crippen molar-refractivity contribution in [2.45, 2.75) is 4.90 Å². The lowest BCUT2D eigenvalue weighted by molar-refractivity contribution is 0.368. The maximum absolute atomic E-state index is 11.9. The number of sulfonamides is 1. The van der Waals surface area contributed by atoms with Crippen LogP contribution in [-0.2, 0) is 10.0 Å². The summed E-state index contributed by atoms with van der Waals surface area (Å²) in [5.41, 5.74) is 0.344. The molecule has 8 heteroatoms. The predicted octanol–water partition coefficient (Wildman–Crippen LogP) is 1.11. The molecule has 1 aromatic carbocycles. The van der Waals surface area contributed by atoms with Gasteiger partial charge in [0.25, 0.3) is 10.0 Å². The van der Waals surface area contributed by atoms with Crippen molar-refractivity contribution in [3.63, 3.8) is 0 Å². The molecule has 0 amide bonds. The van der Waals surface area contributed by atoms with Crippen molar-refractivity contribution in [1.29, 1.82) is 5.26 Å². The molecule has 7 nitrogen and oxygen atoms in total. The number of H-pyrrole nitrogens is 1. The monoisotopic (exact) mass is 278 g/mol. The van der Waals surface area contributed by atoms with Gasteiger partial charge in [0.15, 0.2) is 6.61 Å². The molecule has 19 heavy (non-hydrogen) atoms. The Bertz CT molecular complexity index is 689. The van der Waals surface area contributed by atoms with Gasteiger partial charge in [-0.15, -0.1) is 0 Å². The van der Waals surface area contributed by atoms with Crippen molar-refractivity contribution >= 4 is 15.7 Å². The van der Waals surface area contributed by atoms with Crippen molar-refractivity contribution in [3.05, 3.63) is 36.7 Å². The lowest BCUT2D eigenvalue weighted by Crippen LogP contribution is -2.12. The van der Waals surface area contributed by atoms with Crippen LogP contribution in [0.4, 0.5) is 5.69 Å². The fourth-order valence-electron chi connectivity index (χ4n) is 1.37. The molecule has 0 bridgehead atoms. The molecule has 0 aliphatic carbocycles. The molecule has 98 valence electrons. The van der Waals surface area contributed by atoms with Crippen LogP contribution in [0.15, 0.2) is 41.6 Å². The van der Waals surface area contributed by atoms with Gasteiger partial charge in [-0.05, 0) is 12.1 Å². The van der Waals surface area contributed by atoms with Gasteiger partial charge in [0.2, 0.25) is 0 Å². The van der Waals surface area contributed by atoms with E-state index in [-0.39, 0.29) is 11.5 Å². The second-order valence-electron chi connectivity index (χ2n) is 3.51. The zero-order valence-corrected chi connectivity index (χ0v) is 10.5. The molecule has 1 aromatic heterocycles. The summed E-state index contributed by atoms with van der Waals surface area (Å²) in [6.45, 7) is -0.0993. The van der Waals surface area contributed by atoms with Gasteiger partial charge in [0, 0.05) is 12.3 Å². The maximum Gasteiger partial charge on any atom is 0.265 e. The highest BCUT2D eigenvalue weighted by molar-refractivity contribution is 7.92. The van der Waals surface area contributed by atoms with E-state index in [0.717, 1.165) is 0 Å². The van der Waals surface area contributed by atoms with Crippen molar-refractivity contribution in [3.8, 4) is 11.8 Å². The van der Waals surface area contributed by atoms with Gasteiger partial charge < -0.3 is 4.74 Å². The van der Waals surface area contributed by atoms with E-state index in [9.17, 15) is 8.42 Å². The predicted molar refractivity (Wildman–Crippen MR) is 66.9 cm³/mol. The van der Waals surface area contributed by atoms with Gasteiger partial charge in [-0.2, -0.15) is 10.4 Å². The van der Waals surface area contributed by atoms with Crippen molar-refractivity contribution in [2.24, 2.45) is 0 Å². The van der Waals surface area contributed by atoms with E-state index >= 15 is 0 Å². The number of aromatic nitrogens is 2. The smallest absolute Gasteiger partial charge is 0.265 e. The van der Waals surface area contributed by atoms with E-state index in [2.05, 4.69) is 14.9 Å². The Morgan fingerprint density at radius 1 is 1.47 bits per heavy atom. The quantitative estimate of drug-likeness (QED) is 0.851. The average Bonchev–Trinajstić information content (AvgIpc) is 2.91. The van der Waals surface area contributed by atoms with Crippen LogP contribution in [-0.4, -0.2) is 25.2 Å². The van der Waals surface area contributed by atoms with Crippen LogP contribution in [0.2, 0.25) is 0 Å². The number of rotatable bonds is 5. The Balaban J connectivity index is 2.18. The summed E-state index contributed by atoms with van der Waals surface area (Å²) in [5, 5.41) is 14.4. The molecule has 0 unspecified atom stereocenters. The van der Waals surface area contributed by atoms with Gasteiger partial charge in [-0.25, -0.2) is 8.42 Å². The molecule has 0 aliphatic rings. The summed E-state index contributed by atoms with van der Waals surface area (Å²) in [5.74, 6) is 0.411. The summed E-state index contributed by atoms with van der Waals surface area (Å²) in [6, 6.07) is 8.17. The van der Waals surface area contributed by atoms with Crippen LogP contribution in [0, 0.1) is 11.3 Å². The molecule has 0 radical (unpaired) electrons. The van der Waals surface area contributed by atoms with Crippen molar-refractivity contribution in [1.82, 2.24) is 10.2 Å². The number of nitriles is 1. The molecular formula is C11H10N4O3S. The number of benzene rings is 1. The SMILES string of the molecule is N#CCOc1cccc(NS(=O)(=O)c2cn[nH]c2)c1. The topological polar surface area (TPSA) is 108 Å². The van der Waals surface area contributed by atoms with E-state index < -0.39 is 10.0 Å². The van der Waals surface area contributed by atoms with Crippen LogP contribution in [0.25, 0.3) is 0 Å². The molecule has 2 aromatic rings. The molecule has 0 atom stereocenters. The van der Waals surface area contributed by atoms with Gasteiger partial charge in [-0.1, -0.05) is 6.07 Å². The number of nitrogens with zero attached hydrogens (tertiary/aromatic N) is 2. The third-order valence-corrected chi connectivity index (χ3v) is 3.52. The van der Waals surface area contributed by atoms with Gasteiger partial charge in [-0.3, -0.25) is 9.82 Å². The van der Waals surface area contributed by atoms with E-state index in [1.165, 1.54) is 18.5 Å². The number of anilines is 1. The van der Waals surface area contributed by atoms with Crippen molar-refractivity contribution < 1.29 is 13.2 Å². The summed E-state index contributed by atoms with van der Waals surface area (Å²) >= 11 is 0. The molecule has 1 heterocycles. The number of aromatic amines is 1. The first-order chi connectivity index (χ1) is 9.12. The third-order valence-electron chi connectivity index (χ3n) is 2.17. The first-order valence-corrected chi connectivity index (χ1v) is 6.71. The van der Waals surface area contributed by atoms with Gasteiger partial charge >= 0.3 is 0 Å². The summed E-state index contributed by atoms with van der Waals surface area (Å²) in [7, 11) is -3.67. The molecule has 2 rings (SSSR count). The molecule has 0 fully saturated rings. The van der Waals surface area contributed by atoms with Crippen LogP contribution < -0.4 is 9.46 Å². The molecule has 0 saturated carbocycles. The maximum atomic E-state index is 11.9. The Kier molecular flexibility index (Phi) is 3.68. The van der Waals surface area contributed by atoms with Crippen LogP contribution >= 0.6 is 0 Å². The second-order valence-corrected chi connectivity index (χ2v) is 5.20. The van der Waals surface area contributed by atoms with Crippen LogP contribution in [0.1, 0.15) is 0 Å². The first-order valence-electron chi connectivity index (χ1n) is 5.23. The van der Waals surface area contributed by atoms with Crippen LogP contribution in [0.3, 0.4) is 0 Å². The standard InChI is InChI=1S/C11H10N4O3S/c12-4-5-18-10-3-1-2-9(6-10)15-19(16,17)11-7-13-14-8-11/h1-3,6-8,15H,5H2,(H,13,14). The van der Waals surface area contributed by atoms with Crippen LogP contribution in [0.5, 0.6) is 5.75 Å². The molecule has 2 N–H and O–H groups in total. The van der Waals surface area contributed by atoms with E-state index in [1.54, 1.807) is 18.2 Å². The fourth-order valence-corrected chi connectivity index (χ4v) is 2.32. The molecule has 0 spiro atoms. The Morgan fingerprint density at radius 2 is 2.32 bits per heavy atom. The minimum absolute atomic E-state index is 0.0378. The minimum atomic E-state index is -3.67. The average molecular weight is 278 g/mol. The lowest BCUT2D eigenvalue weighted by atomic mass is 10.3. The Hall–Kier alpha value is -2.53. The first kappa shape index (κ1) is 12.9.